The number of hydrogen-bond donors (Lipinski definition) is 1. The molecule has 86 valence electrons. The van der Waals surface area contributed by atoms with Crippen molar-refractivity contribution in [2.24, 2.45) is 0 Å². The Labute approximate surface area is 96.7 Å². The molecule has 1 unspecified atom stereocenters. The average molecular weight is 227 g/mol. The Morgan fingerprint density at radius 1 is 1.47 bits per heavy atom. The quantitative estimate of drug-likeness (QED) is 0.773. The van der Waals surface area contributed by atoms with E-state index < -0.39 is 0 Å². The van der Waals surface area contributed by atoms with Gasteiger partial charge in [-0.3, -0.25) is 0 Å². The van der Waals surface area contributed by atoms with Crippen LogP contribution >= 0.6 is 11.3 Å². The molecule has 0 aliphatic carbocycles. The summed E-state index contributed by atoms with van der Waals surface area (Å²) in [5.41, 5.74) is 1.40. The molecule has 0 aliphatic rings. The van der Waals surface area contributed by atoms with E-state index in [-0.39, 0.29) is 0 Å². The van der Waals surface area contributed by atoms with Crippen LogP contribution in [0.1, 0.15) is 26.3 Å². The molecule has 0 aromatic carbocycles. The van der Waals surface area contributed by atoms with Gasteiger partial charge in [-0.25, -0.2) is 0 Å². The lowest BCUT2D eigenvalue weighted by molar-refractivity contribution is 0.0616. The summed E-state index contributed by atoms with van der Waals surface area (Å²) in [6, 6.07) is 2.62. The molecule has 0 spiro atoms. The second-order valence-corrected chi connectivity index (χ2v) is 4.75. The van der Waals surface area contributed by atoms with Gasteiger partial charge in [0.25, 0.3) is 0 Å². The van der Waals surface area contributed by atoms with Crippen molar-refractivity contribution < 1.29 is 4.74 Å². The predicted molar refractivity (Wildman–Crippen MR) is 66.6 cm³/mol. The highest BCUT2D eigenvalue weighted by Gasteiger charge is 2.09. The fourth-order valence-electron chi connectivity index (χ4n) is 1.48. The molecular formula is C12H21NOS. The van der Waals surface area contributed by atoms with Crippen LogP contribution in [0.5, 0.6) is 0 Å². The van der Waals surface area contributed by atoms with Crippen molar-refractivity contribution in [2.45, 2.75) is 39.3 Å². The van der Waals surface area contributed by atoms with E-state index in [1.165, 1.54) is 5.56 Å². The minimum atomic E-state index is 0.314. The van der Waals surface area contributed by atoms with E-state index in [0.29, 0.717) is 12.1 Å². The van der Waals surface area contributed by atoms with Crippen LogP contribution in [0.25, 0.3) is 0 Å². The third-order valence-corrected chi connectivity index (χ3v) is 2.92. The average Bonchev–Trinajstić information content (AvgIpc) is 2.67. The molecule has 2 nitrogen and oxygen atoms in total. The van der Waals surface area contributed by atoms with Gasteiger partial charge in [-0.15, -0.1) is 0 Å². The van der Waals surface area contributed by atoms with E-state index in [9.17, 15) is 0 Å². The molecule has 1 heterocycles. The normalized spacial score (nSPS) is 13.3. The van der Waals surface area contributed by atoms with Crippen LogP contribution in [0, 0.1) is 0 Å². The van der Waals surface area contributed by atoms with Gasteiger partial charge in [-0.05, 0) is 49.2 Å². The molecule has 1 rings (SSSR count). The summed E-state index contributed by atoms with van der Waals surface area (Å²) >= 11 is 1.76. The number of likely N-dealkylation sites (N-methyl/N-ethyl adjacent to an activating group) is 1. The predicted octanol–water partition coefficient (Wildman–Crippen LogP) is 2.69. The molecule has 0 bridgehead atoms. The Kier molecular flexibility index (Phi) is 5.91. The lowest BCUT2D eigenvalue weighted by Gasteiger charge is -2.19. The maximum Gasteiger partial charge on any atom is 0.0626 e. The fourth-order valence-corrected chi connectivity index (χ4v) is 2.16. The fraction of sp³-hybridized carbons (Fsp3) is 0.667. The standard InChI is InChI=1S/C12H21NOS/c1-4-13-12(8-14-10(2)3)7-11-5-6-15-9-11/h5-6,9-10,12-13H,4,7-8H2,1-3H3. The monoisotopic (exact) mass is 227 g/mol. The Balaban J connectivity index is 2.36. The van der Waals surface area contributed by atoms with Crippen LogP contribution in [0.2, 0.25) is 0 Å². The van der Waals surface area contributed by atoms with Gasteiger partial charge in [0.05, 0.1) is 12.7 Å². The maximum atomic E-state index is 5.65. The highest BCUT2D eigenvalue weighted by molar-refractivity contribution is 7.07. The van der Waals surface area contributed by atoms with E-state index in [1.807, 2.05) is 0 Å². The van der Waals surface area contributed by atoms with Crippen molar-refractivity contribution >= 4 is 11.3 Å². The van der Waals surface area contributed by atoms with Gasteiger partial charge in [-0.2, -0.15) is 11.3 Å². The number of thiophene rings is 1. The van der Waals surface area contributed by atoms with Crippen LogP contribution in [-0.2, 0) is 11.2 Å². The molecule has 1 aromatic rings. The van der Waals surface area contributed by atoms with Crippen molar-refractivity contribution in [3.8, 4) is 0 Å². The number of ether oxygens (including phenoxy) is 1. The smallest absolute Gasteiger partial charge is 0.0626 e. The first-order valence-corrected chi connectivity index (χ1v) is 6.52. The molecular weight excluding hydrogens is 206 g/mol. The van der Waals surface area contributed by atoms with Crippen LogP contribution in [-0.4, -0.2) is 25.3 Å². The lowest BCUT2D eigenvalue weighted by Crippen LogP contribution is -2.36. The summed E-state index contributed by atoms with van der Waals surface area (Å²) in [7, 11) is 0. The molecule has 3 heteroatoms. The molecule has 0 radical (unpaired) electrons. The zero-order chi connectivity index (χ0) is 11.1. The summed E-state index contributed by atoms with van der Waals surface area (Å²) in [6.45, 7) is 8.08. The summed E-state index contributed by atoms with van der Waals surface area (Å²) in [4.78, 5) is 0. The maximum absolute atomic E-state index is 5.65. The van der Waals surface area contributed by atoms with E-state index in [1.54, 1.807) is 11.3 Å². The molecule has 0 aliphatic heterocycles. The zero-order valence-electron chi connectivity index (χ0n) is 9.82. The minimum Gasteiger partial charge on any atom is -0.377 e. The van der Waals surface area contributed by atoms with E-state index >= 15 is 0 Å². The van der Waals surface area contributed by atoms with Crippen LogP contribution in [0.3, 0.4) is 0 Å². The summed E-state index contributed by atoms with van der Waals surface area (Å²) < 4.78 is 5.65. The van der Waals surface area contributed by atoms with Gasteiger partial charge in [0.15, 0.2) is 0 Å². The third kappa shape index (κ3) is 5.30. The Morgan fingerprint density at radius 3 is 2.80 bits per heavy atom. The van der Waals surface area contributed by atoms with E-state index in [0.717, 1.165) is 19.6 Å². The van der Waals surface area contributed by atoms with Gasteiger partial charge < -0.3 is 10.1 Å². The van der Waals surface area contributed by atoms with E-state index in [2.05, 4.69) is 42.9 Å². The van der Waals surface area contributed by atoms with Crippen molar-refractivity contribution in [1.29, 1.82) is 0 Å². The molecule has 15 heavy (non-hydrogen) atoms. The number of rotatable bonds is 7. The second-order valence-electron chi connectivity index (χ2n) is 3.97. The van der Waals surface area contributed by atoms with Crippen molar-refractivity contribution in [3.63, 3.8) is 0 Å². The van der Waals surface area contributed by atoms with Crippen molar-refractivity contribution in [2.75, 3.05) is 13.2 Å². The van der Waals surface area contributed by atoms with Gasteiger partial charge in [0.1, 0.15) is 0 Å². The SMILES string of the molecule is CCNC(COC(C)C)Cc1ccsc1. The first kappa shape index (κ1) is 12.7. The summed E-state index contributed by atoms with van der Waals surface area (Å²) in [6.07, 6.45) is 1.37. The highest BCUT2D eigenvalue weighted by atomic mass is 32.1. The second kappa shape index (κ2) is 6.99. The molecule has 1 atom stereocenters. The molecule has 1 N–H and O–H groups in total. The van der Waals surface area contributed by atoms with Crippen molar-refractivity contribution in [3.05, 3.63) is 22.4 Å². The van der Waals surface area contributed by atoms with Crippen molar-refractivity contribution in [1.82, 2.24) is 5.32 Å². The number of hydrogen-bond acceptors (Lipinski definition) is 3. The first-order chi connectivity index (χ1) is 7.22. The van der Waals surface area contributed by atoms with Gasteiger partial charge in [-0.1, -0.05) is 6.92 Å². The Morgan fingerprint density at radius 2 is 2.27 bits per heavy atom. The van der Waals surface area contributed by atoms with Crippen LogP contribution in [0.15, 0.2) is 16.8 Å². The minimum absolute atomic E-state index is 0.314. The van der Waals surface area contributed by atoms with Gasteiger partial charge >= 0.3 is 0 Å². The molecule has 0 amide bonds. The molecule has 1 aromatic heterocycles. The lowest BCUT2D eigenvalue weighted by atomic mass is 10.1. The molecule has 0 fully saturated rings. The Hall–Kier alpha value is -0.380. The summed E-state index contributed by atoms with van der Waals surface area (Å²) in [5.74, 6) is 0. The number of nitrogens with one attached hydrogen (secondary N) is 1. The van der Waals surface area contributed by atoms with Gasteiger partial charge in [0.2, 0.25) is 0 Å². The zero-order valence-corrected chi connectivity index (χ0v) is 10.6. The topological polar surface area (TPSA) is 21.3 Å². The molecule has 0 saturated carbocycles. The first-order valence-electron chi connectivity index (χ1n) is 5.58. The molecule has 0 saturated heterocycles. The third-order valence-electron chi connectivity index (χ3n) is 2.19. The highest BCUT2D eigenvalue weighted by Crippen LogP contribution is 2.09. The van der Waals surface area contributed by atoms with Crippen LogP contribution < -0.4 is 5.32 Å². The Bertz CT molecular complexity index is 246. The summed E-state index contributed by atoms with van der Waals surface area (Å²) in [5, 5.41) is 7.79. The van der Waals surface area contributed by atoms with E-state index in [4.69, 9.17) is 4.74 Å². The largest absolute Gasteiger partial charge is 0.377 e. The van der Waals surface area contributed by atoms with Crippen LogP contribution in [0.4, 0.5) is 0 Å². The van der Waals surface area contributed by atoms with Gasteiger partial charge in [0, 0.05) is 6.04 Å².